The van der Waals surface area contributed by atoms with Crippen molar-refractivity contribution in [1.82, 2.24) is 0 Å². The number of hydrogen-bond acceptors (Lipinski definition) is 3. The third-order valence-electron chi connectivity index (χ3n) is 2.42. The topological polar surface area (TPSA) is 59.0 Å². The SMILES string of the molecule is N#Cc1cc(Cl)ccc1Oc1cccc(CN)c1. The number of hydrogen-bond donors (Lipinski definition) is 1. The molecule has 2 rings (SSSR count). The second kappa shape index (κ2) is 5.54. The normalized spacial score (nSPS) is 9.83. The van der Waals surface area contributed by atoms with E-state index >= 15 is 0 Å². The van der Waals surface area contributed by atoms with Crippen molar-refractivity contribution in [2.75, 3.05) is 0 Å². The summed E-state index contributed by atoms with van der Waals surface area (Å²) in [5.41, 5.74) is 6.94. The molecule has 0 saturated heterocycles. The minimum Gasteiger partial charge on any atom is -0.456 e. The Morgan fingerprint density at radius 3 is 2.78 bits per heavy atom. The van der Waals surface area contributed by atoms with Crippen molar-refractivity contribution >= 4 is 11.6 Å². The van der Waals surface area contributed by atoms with Crippen LogP contribution in [0.1, 0.15) is 11.1 Å². The van der Waals surface area contributed by atoms with Crippen LogP contribution in [0, 0.1) is 11.3 Å². The first-order valence-electron chi connectivity index (χ1n) is 5.39. The number of benzene rings is 2. The van der Waals surface area contributed by atoms with Crippen molar-refractivity contribution in [3.8, 4) is 17.6 Å². The Balaban J connectivity index is 2.31. The lowest BCUT2D eigenvalue weighted by atomic mass is 10.2. The second-order valence-corrected chi connectivity index (χ2v) is 4.14. The van der Waals surface area contributed by atoms with E-state index in [1.807, 2.05) is 24.3 Å². The summed E-state index contributed by atoms with van der Waals surface area (Å²) in [4.78, 5) is 0. The van der Waals surface area contributed by atoms with Gasteiger partial charge < -0.3 is 10.5 Å². The molecule has 90 valence electrons. The van der Waals surface area contributed by atoms with Crippen molar-refractivity contribution in [1.29, 1.82) is 5.26 Å². The Bertz CT molecular complexity index is 605. The Morgan fingerprint density at radius 2 is 2.06 bits per heavy atom. The third-order valence-corrected chi connectivity index (χ3v) is 2.66. The van der Waals surface area contributed by atoms with Gasteiger partial charge in [-0.15, -0.1) is 0 Å². The van der Waals surface area contributed by atoms with Crippen LogP contribution in [-0.4, -0.2) is 0 Å². The van der Waals surface area contributed by atoms with Gasteiger partial charge in [-0.3, -0.25) is 0 Å². The Hall–Kier alpha value is -2.02. The fourth-order valence-electron chi connectivity index (χ4n) is 1.54. The highest BCUT2D eigenvalue weighted by atomic mass is 35.5. The smallest absolute Gasteiger partial charge is 0.145 e. The van der Waals surface area contributed by atoms with Crippen LogP contribution in [0.25, 0.3) is 0 Å². The van der Waals surface area contributed by atoms with E-state index in [0.29, 0.717) is 28.6 Å². The molecular weight excluding hydrogens is 248 g/mol. The van der Waals surface area contributed by atoms with Crippen molar-refractivity contribution in [3.63, 3.8) is 0 Å². The van der Waals surface area contributed by atoms with Crippen molar-refractivity contribution in [2.45, 2.75) is 6.54 Å². The number of ether oxygens (including phenoxy) is 1. The molecule has 0 atom stereocenters. The first-order chi connectivity index (χ1) is 8.72. The molecule has 0 aliphatic rings. The van der Waals surface area contributed by atoms with E-state index in [4.69, 9.17) is 27.3 Å². The van der Waals surface area contributed by atoms with Crippen LogP contribution in [0.5, 0.6) is 11.5 Å². The second-order valence-electron chi connectivity index (χ2n) is 3.71. The molecule has 0 bridgehead atoms. The van der Waals surface area contributed by atoms with E-state index < -0.39 is 0 Å². The van der Waals surface area contributed by atoms with E-state index in [2.05, 4.69) is 6.07 Å². The van der Waals surface area contributed by atoms with E-state index in [1.54, 1.807) is 18.2 Å². The summed E-state index contributed by atoms with van der Waals surface area (Å²) >= 11 is 5.82. The maximum Gasteiger partial charge on any atom is 0.145 e. The number of nitrogens with two attached hydrogens (primary N) is 1. The van der Waals surface area contributed by atoms with Gasteiger partial charge in [0.05, 0.1) is 5.56 Å². The molecule has 0 spiro atoms. The van der Waals surface area contributed by atoms with Gasteiger partial charge in [0.1, 0.15) is 17.6 Å². The monoisotopic (exact) mass is 258 g/mol. The van der Waals surface area contributed by atoms with Crippen LogP contribution in [-0.2, 0) is 6.54 Å². The molecule has 0 aliphatic carbocycles. The number of rotatable bonds is 3. The largest absolute Gasteiger partial charge is 0.456 e. The van der Waals surface area contributed by atoms with Crippen molar-refractivity contribution < 1.29 is 4.74 Å². The fourth-order valence-corrected chi connectivity index (χ4v) is 1.71. The zero-order chi connectivity index (χ0) is 13.0. The number of nitriles is 1. The molecule has 0 saturated carbocycles. The molecule has 2 aromatic rings. The highest BCUT2D eigenvalue weighted by Crippen LogP contribution is 2.27. The van der Waals surface area contributed by atoms with Gasteiger partial charge in [-0.05, 0) is 35.9 Å². The van der Waals surface area contributed by atoms with Crippen LogP contribution >= 0.6 is 11.6 Å². The maximum absolute atomic E-state index is 9.01. The highest BCUT2D eigenvalue weighted by Gasteiger charge is 2.05. The molecule has 0 unspecified atom stereocenters. The summed E-state index contributed by atoms with van der Waals surface area (Å²) in [7, 11) is 0. The van der Waals surface area contributed by atoms with Gasteiger partial charge >= 0.3 is 0 Å². The van der Waals surface area contributed by atoms with Gasteiger partial charge in [0.2, 0.25) is 0 Å². The Kier molecular flexibility index (Phi) is 3.83. The molecule has 0 aliphatic heterocycles. The standard InChI is InChI=1S/C14H11ClN2O/c15-12-4-5-14(11(7-12)9-17)18-13-3-1-2-10(6-13)8-16/h1-7H,8,16H2. The predicted molar refractivity (Wildman–Crippen MR) is 70.6 cm³/mol. The van der Waals surface area contributed by atoms with Gasteiger partial charge in [0.25, 0.3) is 0 Å². The van der Waals surface area contributed by atoms with Gasteiger partial charge in [-0.2, -0.15) is 5.26 Å². The summed E-state index contributed by atoms with van der Waals surface area (Å²) in [6.07, 6.45) is 0. The molecule has 2 aromatic carbocycles. The Morgan fingerprint density at radius 1 is 1.22 bits per heavy atom. The van der Waals surface area contributed by atoms with Gasteiger partial charge in [0.15, 0.2) is 0 Å². The summed E-state index contributed by atoms with van der Waals surface area (Å²) < 4.78 is 5.66. The number of nitrogens with zero attached hydrogens (tertiary/aromatic N) is 1. The molecule has 0 radical (unpaired) electrons. The minimum atomic E-state index is 0.403. The predicted octanol–water partition coefficient (Wildman–Crippen LogP) is 3.46. The molecule has 0 aromatic heterocycles. The van der Waals surface area contributed by atoms with Gasteiger partial charge in [0, 0.05) is 11.6 Å². The first kappa shape index (κ1) is 12.4. The van der Waals surface area contributed by atoms with E-state index in [-0.39, 0.29) is 0 Å². The average molecular weight is 259 g/mol. The molecule has 0 fully saturated rings. The van der Waals surface area contributed by atoms with Crippen LogP contribution in [0.4, 0.5) is 0 Å². The van der Waals surface area contributed by atoms with Crippen molar-refractivity contribution in [2.24, 2.45) is 5.73 Å². The van der Waals surface area contributed by atoms with Crippen LogP contribution < -0.4 is 10.5 Å². The quantitative estimate of drug-likeness (QED) is 0.917. The first-order valence-corrected chi connectivity index (χ1v) is 5.77. The summed E-state index contributed by atoms with van der Waals surface area (Å²) in [6, 6.07) is 14.4. The molecule has 0 amide bonds. The molecular formula is C14H11ClN2O. The third kappa shape index (κ3) is 2.80. The Labute approximate surface area is 110 Å². The summed E-state index contributed by atoms with van der Waals surface area (Å²) in [5.74, 6) is 1.13. The summed E-state index contributed by atoms with van der Waals surface area (Å²) in [5, 5.41) is 9.52. The van der Waals surface area contributed by atoms with E-state index in [0.717, 1.165) is 5.56 Å². The van der Waals surface area contributed by atoms with Crippen LogP contribution in [0.2, 0.25) is 5.02 Å². The maximum atomic E-state index is 9.01. The zero-order valence-corrected chi connectivity index (χ0v) is 10.3. The van der Waals surface area contributed by atoms with Crippen LogP contribution in [0.15, 0.2) is 42.5 Å². The zero-order valence-electron chi connectivity index (χ0n) is 9.56. The van der Waals surface area contributed by atoms with Crippen LogP contribution in [0.3, 0.4) is 0 Å². The van der Waals surface area contributed by atoms with E-state index in [1.165, 1.54) is 0 Å². The highest BCUT2D eigenvalue weighted by molar-refractivity contribution is 6.30. The lowest BCUT2D eigenvalue weighted by molar-refractivity contribution is 0.480. The van der Waals surface area contributed by atoms with Gasteiger partial charge in [-0.25, -0.2) is 0 Å². The number of halogens is 1. The lowest BCUT2D eigenvalue weighted by Crippen LogP contribution is -1.96. The fraction of sp³-hybridized carbons (Fsp3) is 0.0714. The molecule has 3 nitrogen and oxygen atoms in total. The molecule has 2 N–H and O–H groups in total. The lowest BCUT2D eigenvalue weighted by Gasteiger charge is -2.08. The molecule has 4 heteroatoms. The van der Waals surface area contributed by atoms with Crippen molar-refractivity contribution in [3.05, 3.63) is 58.6 Å². The van der Waals surface area contributed by atoms with E-state index in [9.17, 15) is 0 Å². The molecule has 18 heavy (non-hydrogen) atoms. The van der Waals surface area contributed by atoms with Gasteiger partial charge in [-0.1, -0.05) is 23.7 Å². The average Bonchev–Trinajstić information content (AvgIpc) is 2.41. The molecule has 0 heterocycles. The minimum absolute atomic E-state index is 0.403. The summed E-state index contributed by atoms with van der Waals surface area (Å²) in [6.45, 7) is 0.447.